The number of carbonyl (C=O) groups is 1. The first kappa shape index (κ1) is 14.0. The second-order valence-electron chi connectivity index (χ2n) is 8.10. The van der Waals surface area contributed by atoms with Gasteiger partial charge in [-0.1, -0.05) is 13.0 Å². The van der Waals surface area contributed by atoms with Crippen molar-refractivity contribution >= 4 is 5.78 Å². The van der Waals surface area contributed by atoms with Crippen molar-refractivity contribution in [3.63, 3.8) is 0 Å². The van der Waals surface area contributed by atoms with Crippen LogP contribution in [0.15, 0.2) is 12.2 Å². The quantitative estimate of drug-likeness (QED) is 0.798. The lowest BCUT2D eigenvalue weighted by molar-refractivity contribution is -0.119. The first-order valence-corrected chi connectivity index (χ1v) is 9.05. The maximum absolute atomic E-state index is 11.7. The van der Waals surface area contributed by atoms with Crippen molar-refractivity contribution in [2.45, 2.75) is 64.4 Å². The predicted molar refractivity (Wildman–Crippen MR) is 82.6 cm³/mol. The van der Waals surface area contributed by atoms with Gasteiger partial charge in [-0.15, -0.1) is 0 Å². The SMILES string of the molecule is CC[C@]12CCC3C(CC[C@H]4CC(=O)C=C[C@H]34)C1CC[C@@H]2O. The fourth-order valence-electron chi connectivity index (χ4n) is 6.70. The Bertz CT molecular complexity index is 468. The van der Waals surface area contributed by atoms with E-state index in [1.165, 1.54) is 32.1 Å². The van der Waals surface area contributed by atoms with Gasteiger partial charge in [0.15, 0.2) is 5.78 Å². The number of ketones is 1. The molecule has 21 heavy (non-hydrogen) atoms. The van der Waals surface area contributed by atoms with Crippen molar-refractivity contribution in [1.82, 2.24) is 0 Å². The summed E-state index contributed by atoms with van der Waals surface area (Å²) in [6.45, 7) is 2.28. The zero-order valence-corrected chi connectivity index (χ0v) is 13.1. The number of aliphatic hydroxyl groups excluding tert-OH is 1. The third-order valence-corrected chi connectivity index (χ3v) is 7.70. The zero-order chi connectivity index (χ0) is 14.6. The summed E-state index contributed by atoms with van der Waals surface area (Å²) in [6.07, 6.45) is 13.2. The van der Waals surface area contributed by atoms with Crippen LogP contribution in [0.5, 0.6) is 0 Å². The number of hydrogen-bond donors (Lipinski definition) is 1. The van der Waals surface area contributed by atoms with Gasteiger partial charge in [0.05, 0.1) is 6.10 Å². The Morgan fingerprint density at radius 2 is 2.05 bits per heavy atom. The first-order valence-electron chi connectivity index (χ1n) is 9.05. The van der Waals surface area contributed by atoms with E-state index in [1.807, 2.05) is 6.08 Å². The number of rotatable bonds is 1. The molecule has 0 aliphatic heterocycles. The minimum Gasteiger partial charge on any atom is -0.393 e. The van der Waals surface area contributed by atoms with Gasteiger partial charge < -0.3 is 5.11 Å². The van der Waals surface area contributed by atoms with Crippen LogP contribution in [0.2, 0.25) is 0 Å². The molecule has 3 saturated carbocycles. The van der Waals surface area contributed by atoms with E-state index in [9.17, 15) is 9.90 Å². The third-order valence-electron chi connectivity index (χ3n) is 7.70. The molecule has 2 nitrogen and oxygen atoms in total. The highest BCUT2D eigenvalue weighted by atomic mass is 16.3. The van der Waals surface area contributed by atoms with Crippen molar-refractivity contribution in [1.29, 1.82) is 0 Å². The molecule has 0 saturated heterocycles. The van der Waals surface area contributed by atoms with E-state index in [4.69, 9.17) is 0 Å². The van der Waals surface area contributed by atoms with E-state index >= 15 is 0 Å². The number of fused-ring (bicyclic) bond motifs is 5. The smallest absolute Gasteiger partial charge is 0.155 e. The van der Waals surface area contributed by atoms with E-state index in [0.717, 1.165) is 37.0 Å². The summed E-state index contributed by atoms with van der Waals surface area (Å²) in [6, 6.07) is 0. The van der Waals surface area contributed by atoms with Gasteiger partial charge >= 0.3 is 0 Å². The molecular formula is C19H28O2. The molecule has 0 aromatic rings. The van der Waals surface area contributed by atoms with Crippen LogP contribution < -0.4 is 0 Å². The van der Waals surface area contributed by atoms with E-state index in [2.05, 4.69) is 13.0 Å². The molecule has 0 spiro atoms. The van der Waals surface area contributed by atoms with Gasteiger partial charge in [0.1, 0.15) is 0 Å². The number of carbonyl (C=O) groups excluding carboxylic acids is 1. The maximum atomic E-state index is 11.7. The molecule has 0 heterocycles. The molecule has 4 aliphatic carbocycles. The highest BCUT2D eigenvalue weighted by Gasteiger charge is 2.57. The van der Waals surface area contributed by atoms with Gasteiger partial charge in [-0.3, -0.25) is 4.79 Å². The second-order valence-corrected chi connectivity index (χ2v) is 8.10. The topological polar surface area (TPSA) is 37.3 Å². The highest BCUT2D eigenvalue weighted by Crippen LogP contribution is 2.62. The Labute approximate surface area is 128 Å². The molecule has 0 radical (unpaired) electrons. The molecule has 4 rings (SSSR count). The van der Waals surface area contributed by atoms with Gasteiger partial charge in [0.25, 0.3) is 0 Å². The molecule has 1 N–H and O–H groups in total. The number of allylic oxidation sites excluding steroid dienone is 2. The molecule has 0 amide bonds. The molecule has 2 heteroatoms. The van der Waals surface area contributed by atoms with Crippen LogP contribution >= 0.6 is 0 Å². The molecule has 3 fully saturated rings. The fraction of sp³-hybridized carbons (Fsp3) is 0.842. The summed E-state index contributed by atoms with van der Waals surface area (Å²) in [4.78, 5) is 11.7. The van der Waals surface area contributed by atoms with Gasteiger partial charge in [-0.05, 0) is 86.0 Å². The monoisotopic (exact) mass is 288 g/mol. The van der Waals surface area contributed by atoms with E-state index < -0.39 is 0 Å². The fourth-order valence-corrected chi connectivity index (χ4v) is 6.70. The van der Waals surface area contributed by atoms with Crippen LogP contribution in [0, 0.1) is 35.0 Å². The Hall–Kier alpha value is -0.630. The normalized spacial score (nSPS) is 52.2. The molecule has 0 bridgehead atoms. The predicted octanol–water partition coefficient (Wildman–Crippen LogP) is 3.74. The van der Waals surface area contributed by atoms with Gasteiger partial charge in [-0.2, -0.15) is 0 Å². The number of hydrogen-bond acceptors (Lipinski definition) is 2. The van der Waals surface area contributed by atoms with Gasteiger partial charge in [-0.25, -0.2) is 0 Å². The lowest BCUT2D eigenvalue weighted by atomic mass is 9.50. The van der Waals surface area contributed by atoms with Crippen LogP contribution in [0.25, 0.3) is 0 Å². The van der Waals surface area contributed by atoms with Gasteiger partial charge in [0, 0.05) is 6.42 Å². The van der Waals surface area contributed by atoms with E-state index in [0.29, 0.717) is 17.6 Å². The van der Waals surface area contributed by atoms with Crippen molar-refractivity contribution < 1.29 is 9.90 Å². The molecule has 7 atom stereocenters. The average molecular weight is 288 g/mol. The highest BCUT2D eigenvalue weighted by molar-refractivity contribution is 5.90. The van der Waals surface area contributed by atoms with Crippen molar-refractivity contribution in [2.24, 2.45) is 35.0 Å². The Morgan fingerprint density at radius 1 is 1.19 bits per heavy atom. The second kappa shape index (κ2) is 4.94. The molecular weight excluding hydrogens is 260 g/mol. The summed E-state index contributed by atoms with van der Waals surface area (Å²) in [5, 5.41) is 10.6. The number of aliphatic hydroxyl groups is 1. The van der Waals surface area contributed by atoms with E-state index in [-0.39, 0.29) is 11.5 Å². The summed E-state index contributed by atoms with van der Waals surface area (Å²) in [5.41, 5.74) is 0.224. The molecule has 4 aliphatic rings. The Morgan fingerprint density at radius 3 is 2.86 bits per heavy atom. The van der Waals surface area contributed by atoms with Crippen LogP contribution in [-0.4, -0.2) is 17.0 Å². The third kappa shape index (κ3) is 1.91. The van der Waals surface area contributed by atoms with Crippen LogP contribution in [-0.2, 0) is 4.79 Å². The lowest BCUT2D eigenvalue weighted by Gasteiger charge is -2.55. The minimum absolute atomic E-state index is 0.0605. The molecule has 0 aromatic carbocycles. The van der Waals surface area contributed by atoms with Gasteiger partial charge in [0.2, 0.25) is 0 Å². The summed E-state index contributed by atoms with van der Waals surface area (Å²) in [5.74, 6) is 3.92. The first-order chi connectivity index (χ1) is 10.2. The van der Waals surface area contributed by atoms with E-state index in [1.54, 1.807) is 0 Å². The minimum atomic E-state index is -0.0605. The van der Waals surface area contributed by atoms with Crippen molar-refractivity contribution in [3.05, 3.63) is 12.2 Å². The molecule has 116 valence electrons. The average Bonchev–Trinajstić information content (AvgIpc) is 2.84. The Kier molecular flexibility index (Phi) is 3.29. The summed E-state index contributed by atoms with van der Waals surface area (Å²) < 4.78 is 0. The molecule has 0 aromatic heterocycles. The largest absolute Gasteiger partial charge is 0.393 e. The van der Waals surface area contributed by atoms with Crippen LogP contribution in [0.4, 0.5) is 0 Å². The van der Waals surface area contributed by atoms with Crippen molar-refractivity contribution in [2.75, 3.05) is 0 Å². The van der Waals surface area contributed by atoms with Crippen molar-refractivity contribution in [3.8, 4) is 0 Å². The maximum Gasteiger partial charge on any atom is 0.155 e. The summed E-state index contributed by atoms with van der Waals surface area (Å²) in [7, 11) is 0. The Balaban J connectivity index is 1.63. The van der Waals surface area contributed by atoms with Crippen LogP contribution in [0.3, 0.4) is 0 Å². The standard InChI is InChI=1S/C19H28O2/c1-2-19-10-9-15-14-6-4-13(20)11-12(14)3-5-16(15)17(19)7-8-18(19)21/h4,6,12,14-18,21H,2-3,5,7-11H2,1H3/t12-,14-,15?,16?,17?,18-,19-/m0/s1. The lowest BCUT2D eigenvalue weighted by Crippen LogP contribution is -2.49. The zero-order valence-electron chi connectivity index (χ0n) is 13.1. The summed E-state index contributed by atoms with van der Waals surface area (Å²) >= 11 is 0. The van der Waals surface area contributed by atoms with Crippen LogP contribution in [0.1, 0.15) is 58.3 Å². The molecule has 3 unspecified atom stereocenters.